The van der Waals surface area contributed by atoms with Gasteiger partial charge in [0, 0.05) is 6.42 Å². The van der Waals surface area contributed by atoms with Crippen LogP contribution in [0.25, 0.3) is 0 Å². The van der Waals surface area contributed by atoms with Crippen LogP contribution in [0.5, 0.6) is 0 Å². The molecule has 3 aliphatic rings. The Bertz CT molecular complexity index is 2210. The van der Waals surface area contributed by atoms with Gasteiger partial charge in [0.05, 0.1) is 38.6 Å². The highest BCUT2D eigenvalue weighted by Gasteiger charge is 2.54. The number of aliphatic hydroxyl groups is 11. The second-order valence-corrected chi connectivity index (χ2v) is 29.5. The Hall–Kier alpha value is -3.03. The molecule has 3 heterocycles. The van der Waals surface area contributed by atoms with Gasteiger partial charge in [0.2, 0.25) is 5.91 Å². The lowest BCUT2D eigenvalue weighted by molar-refractivity contribution is -0.379. The number of hydrogen-bond acceptors (Lipinski definition) is 18. The van der Waals surface area contributed by atoms with Crippen LogP contribution < -0.4 is 5.32 Å². The van der Waals surface area contributed by atoms with E-state index in [-0.39, 0.29) is 18.9 Å². The zero-order chi connectivity index (χ0) is 75.3. The SMILES string of the molecule is CC/C=C\C/C=C\C/C=C\C/C=C\CCCCCCCCCCCCCCCCCCCCCCCCCCCCCCC(=O)NC(COC1OC(CO)C(OC2OC(CO)C(OC3OC(CO)C(O)C(O)C3O)C(O)C2O)C(O)C1O)C(O)/C=C/CC/C=C/CC/C=C/CCCCCCCCCC. The molecule has 3 saturated heterocycles. The Morgan fingerprint density at radius 1 is 0.356 bits per heavy atom. The number of ether oxygens (including phenoxy) is 6. The molecule has 12 N–H and O–H groups in total. The Labute approximate surface area is 629 Å². The van der Waals surface area contributed by atoms with Gasteiger partial charge in [0.15, 0.2) is 18.9 Å². The third-order valence-corrected chi connectivity index (χ3v) is 20.4. The highest BCUT2D eigenvalue weighted by Crippen LogP contribution is 2.33. The molecule has 17 unspecified atom stereocenters. The predicted molar refractivity (Wildman–Crippen MR) is 415 cm³/mol. The summed E-state index contributed by atoms with van der Waals surface area (Å²) in [4.78, 5) is 13.5. The van der Waals surface area contributed by atoms with Crippen molar-refractivity contribution in [3.8, 4) is 0 Å². The standard InChI is InChI=1S/C85H151NO18/c1-3-5-7-9-11-13-15-17-19-21-23-24-25-26-27-28-29-30-31-32-33-34-35-36-37-38-39-40-41-42-43-44-45-47-49-51-53-55-57-59-61-63-73(91)86-68(69(90)62-60-58-56-54-52-50-48-46-22-20-18-16-14-12-10-8-6-4-2)67-99-83-79(97)76(94)81(71(65-88)101-83)104-85-80(98)77(95)82(72(66-89)102-85)103-84-78(96)75(93)74(92)70(64-87)100-84/h5,7,11,13,17,19,22-24,46,52,54,60,62,68-72,74-85,87-90,92-98H,3-4,6,8-10,12,14-16,18,20-21,25-45,47-51,53,55-59,61,63-67H2,1-2H3,(H,86,91)/b7-5-,13-11-,19-17-,24-23-,46-22+,54-52+,62-60+. The molecule has 104 heavy (non-hydrogen) atoms. The molecule has 3 rings (SSSR count). The maximum absolute atomic E-state index is 13.5. The van der Waals surface area contributed by atoms with Gasteiger partial charge in [0.1, 0.15) is 73.2 Å². The lowest BCUT2D eigenvalue weighted by atomic mass is 9.96. The van der Waals surface area contributed by atoms with E-state index in [9.17, 15) is 61.0 Å². The molecular weight excluding hydrogens is 1320 g/mol. The molecule has 604 valence electrons. The first-order valence-corrected chi connectivity index (χ1v) is 41.8. The van der Waals surface area contributed by atoms with Crippen molar-refractivity contribution in [2.24, 2.45) is 0 Å². The van der Waals surface area contributed by atoms with E-state index in [2.05, 4.69) is 92.1 Å². The van der Waals surface area contributed by atoms with Gasteiger partial charge in [-0.3, -0.25) is 4.79 Å². The topological polar surface area (TPSA) is 307 Å². The van der Waals surface area contributed by atoms with Gasteiger partial charge in [-0.1, -0.05) is 311 Å². The molecule has 1 amide bonds. The van der Waals surface area contributed by atoms with E-state index in [1.807, 2.05) is 6.08 Å². The van der Waals surface area contributed by atoms with Crippen LogP contribution in [0.4, 0.5) is 0 Å². The maximum atomic E-state index is 13.5. The van der Waals surface area contributed by atoms with E-state index < -0.39 is 124 Å². The largest absolute Gasteiger partial charge is 0.394 e. The van der Waals surface area contributed by atoms with Crippen molar-refractivity contribution in [2.45, 2.75) is 420 Å². The van der Waals surface area contributed by atoms with Crippen molar-refractivity contribution >= 4 is 5.91 Å². The molecule has 0 aromatic rings. The number of rotatable bonds is 66. The van der Waals surface area contributed by atoms with Gasteiger partial charge in [-0.15, -0.1) is 0 Å². The van der Waals surface area contributed by atoms with Gasteiger partial charge >= 0.3 is 0 Å². The lowest BCUT2D eigenvalue weighted by Gasteiger charge is -2.48. The molecule has 19 nitrogen and oxygen atoms in total. The summed E-state index contributed by atoms with van der Waals surface area (Å²) < 4.78 is 34.4. The summed E-state index contributed by atoms with van der Waals surface area (Å²) in [6.07, 6.45) is 60.3. The fourth-order valence-corrected chi connectivity index (χ4v) is 13.7. The van der Waals surface area contributed by atoms with E-state index in [0.29, 0.717) is 12.8 Å². The van der Waals surface area contributed by atoms with Crippen LogP contribution in [-0.2, 0) is 33.2 Å². The molecular formula is C85H151NO18. The lowest BCUT2D eigenvalue weighted by Crippen LogP contribution is -2.66. The highest BCUT2D eigenvalue weighted by atomic mass is 16.8. The molecule has 19 heteroatoms. The monoisotopic (exact) mass is 1470 g/mol. The minimum absolute atomic E-state index is 0.233. The van der Waals surface area contributed by atoms with Gasteiger partial charge in [0.25, 0.3) is 0 Å². The van der Waals surface area contributed by atoms with Gasteiger partial charge in [-0.2, -0.15) is 0 Å². The minimum atomic E-state index is -1.98. The van der Waals surface area contributed by atoms with Crippen LogP contribution in [0.2, 0.25) is 0 Å². The van der Waals surface area contributed by atoms with E-state index in [0.717, 1.165) is 70.6 Å². The third kappa shape index (κ3) is 44.0. The van der Waals surface area contributed by atoms with Crippen molar-refractivity contribution in [3.05, 3.63) is 85.1 Å². The number of carbonyl (C=O) groups excluding carboxylic acids is 1. The molecule has 3 fully saturated rings. The number of allylic oxidation sites excluding steroid dienone is 13. The van der Waals surface area contributed by atoms with Gasteiger partial charge in [-0.05, 0) is 83.5 Å². The van der Waals surface area contributed by atoms with E-state index in [1.54, 1.807) is 6.08 Å². The van der Waals surface area contributed by atoms with Gasteiger partial charge < -0.3 is 89.9 Å². The molecule has 0 aromatic carbocycles. The molecule has 3 aliphatic heterocycles. The summed E-state index contributed by atoms with van der Waals surface area (Å²) in [7, 11) is 0. The Morgan fingerprint density at radius 3 is 1.08 bits per heavy atom. The normalized spacial score (nSPS) is 26.3. The van der Waals surface area contributed by atoms with Crippen molar-refractivity contribution in [1.29, 1.82) is 0 Å². The summed E-state index contributed by atoms with van der Waals surface area (Å²) in [6, 6.07) is -0.998. The fourth-order valence-electron chi connectivity index (χ4n) is 13.7. The quantitative estimate of drug-likeness (QED) is 0.0199. The summed E-state index contributed by atoms with van der Waals surface area (Å²) in [6.45, 7) is 1.61. The predicted octanol–water partition coefficient (Wildman–Crippen LogP) is 14.6. The van der Waals surface area contributed by atoms with Crippen molar-refractivity contribution in [1.82, 2.24) is 5.32 Å². The first kappa shape index (κ1) is 95.2. The zero-order valence-electron chi connectivity index (χ0n) is 64.7. The van der Waals surface area contributed by atoms with Crippen molar-refractivity contribution < 1.29 is 89.4 Å². The number of amides is 1. The molecule has 0 spiro atoms. The molecule has 0 radical (unpaired) electrons. The number of hydrogen-bond donors (Lipinski definition) is 12. The number of aliphatic hydroxyl groups excluding tert-OH is 11. The van der Waals surface area contributed by atoms with Crippen LogP contribution in [0.3, 0.4) is 0 Å². The Balaban J connectivity index is 1.29. The smallest absolute Gasteiger partial charge is 0.220 e. The van der Waals surface area contributed by atoms with Gasteiger partial charge in [-0.25, -0.2) is 0 Å². The second kappa shape index (κ2) is 64.8. The third-order valence-electron chi connectivity index (χ3n) is 20.4. The van der Waals surface area contributed by atoms with Crippen molar-refractivity contribution in [2.75, 3.05) is 26.4 Å². The average molecular weight is 1480 g/mol. The molecule has 0 aromatic heterocycles. The second-order valence-electron chi connectivity index (χ2n) is 29.5. The molecule has 0 saturated carbocycles. The summed E-state index contributed by atoms with van der Waals surface area (Å²) in [5.41, 5.74) is 0. The number of unbranched alkanes of at least 4 members (excludes halogenated alkanes) is 38. The van der Waals surface area contributed by atoms with Crippen LogP contribution in [0.1, 0.15) is 316 Å². The van der Waals surface area contributed by atoms with Crippen LogP contribution in [0.15, 0.2) is 85.1 Å². The number of nitrogens with one attached hydrogen (secondary N) is 1. The van der Waals surface area contributed by atoms with E-state index in [4.69, 9.17) is 28.4 Å². The van der Waals surface area contributed by atoms with Crippen molar-refractivity contribution in [3.63, 3.8) is 0 Å². The van der Waals surface area contributed by atoms with Crippen LogP contribution >= 0.6 is 0 Å². The zero-order valence-corrected chi connectivity index (χ0v) is 64.7. The minimum Gasteiger partial charge on any atom is -0.394 e. The number of carbonyl (C=O) groups is 1. The Kier molecular flexibility index (Phi) is 59.3. The summed E-state index contributed by atoms with van der Waals surface area (Å²) >= 11 is 0. The van der Waals surface area contributed by atoms with Crippen LogP contribution in [-0.4, -0.2) is 193 Å². The molecule has 0 aliphatic carbocycles. The first-order valence-electron chi connectivity index (χ1n) is 41.8. The Morgan fingerprint density at radius 2 is 0.673 bits per heavy atom. The maximum Gasteiger partial charge on any atom is 0.220 e. The summed E-state index contributed by atoms with van der Waals surface area (Å²) in [5.74, 6) is -0.286. The van der Waals surface area contributed by atoms with E-state index >= 15 is 0 Å². The van der Waals surface area contributed by atoms with Crippen LogP contribution in [0, 0.1) is 0 Å². The molecule has 0 bridgehead atoms. The highest BCUT2D eigenvalue weighted by molar-refractivity contribution is 5.76. The molecule has 17 atom stereocenters. The fraction of sp³-hybridized carbons (Fsp3) is 0.824. The first-order chi connectivity index (χ1) is 50.8. The average Bonchev–Trinajstić information content (AvgIpc) is 0.783. The summed E-state index contributed by atoms with van der Waals surface area (Å²) in [5, 5.41) is 121. The van der Waals surface area contributed by atoms with E-state index in [1.165, 1.54) is 212 Å².